The lowest BCUT2D eigenvalue weighted by Gasteiger charge is -2.19. The third-order valence-electron chi connectivity index (χ3n) is 4.61. The molecule has 3 aromatic rings. The number of carbonyl (C=O) groups excluding carboxylic acids is 1. The number of hydrogen-bond acceptors (Lipinski definition) is 6. The van der Waals surface area contributed by atoms with Gasteiger partial charge in [0, 0.05) is 12.6 Å². The van der Waals surface area contributed by atoms with Crippen molar-refractivity contribution < 1.29 is 28.9 Å². The summed E-state index contributed by atoms with van der Waals surface area (Å²) in [6, 6.07) is 20.4. The van der Waals surface area contributed by atoms with E-state index in [-0.39, 0.29) is 12.2 Å². The first-order valence-corrected chi connectivity index (χ1v) is 10.9. The number of hydrogen-bond donors (Lipinski definition) is 2. The first-order chi connectivity index (χ1) is 16.6. The molecule has 35 heavy (non-hydrogen) atoms. The minimum atomic E-state index is -1.11. The Morgan fingerprint density at radius 1 is 0.914 bits per heavy atom. The number of aromatic carboxylic acids is 1. The van der Waals surface area contributed by atoms with Crippen molar-refractivity contribution in [2.45, 2.75) is 39.5 Å². The fraction of sp³-hybridized carbons (Fsp3) is 0.222. The second kappa shape index (κ2) is 11.1. The molecule has 0 spiro atoms. The van der Waals surface area contributed by atoms with Crippen LogP contribution in [0, 0.1) is 11.3 Å². The van der Waals surface area contributed by atoms with E-state index in [4.69, 9.17) is 19.5 Å². The molecular formula is C27H26N2O6. The minimum absolute atomic E-state index is 0.0229. The zero-order chi connectivity index (χ0) is 25.4. The van der Waals surface area contributed by atoms with Gasteiger partial charge < -0.3 is 24.6 Å². The highest BCUT2D eigenvalue weighted by atomic mass is 16.6. The molecule has 3 rings (SSSR count). The van der Waals surface area contributed by atoms with E-state index >= 15 is 0 Å². The molecule has 0 aromatic heterocycles. The summed E-state index contributed by atoms with van der Waals surface area (Å²) < 4.78 is 16.8. The quantitative estimate of drug-likeness (QED) is 0.433. The third-order valence-corrected chi connectivity index (χ3v) is 4.61. The lowest BCUT2D eigenvalue weighted by molar-refractivity contribution is 0.0523. The van der Waals surface area contributed by atoms with E-state index in [9.17, 15) is 14.7 Å². The number of amides is 1. The van der Waals surface area contributed by atoms with Crippen LogP contribution in [0.4, 0.5) is 4.79 Å². The van der Waals surface area contributed by atoms with Crippen molar-refractivity contribution >= 4 is 12.1 Å². The molecule has 0 aliphatic heterocycles. The summed E-state index contributed by atoms with van der Waals surface area (Å²) in [5.74, 6) is -0.00701. The maximum Gasteiger partial charge on any atom is 0.407 e. The monoisotopic (exact) mass is 474 g/mol. The number of ether oxygens (including phenoxy) is 3. The first kappa shape index (κ1) is 25.1. The zero-order valence-electron chi connectivity index (χ0n) is 19.7. The summed E-state index contributed by atoms with van der Waals surface area (Å²) in [5.41, 5.74) is 1.71. The van der Waals surface area contributed by atoms with Gasteiger partial charge in [-0.1, -0.05) is 24.3 Å². The number of carboxylic acid groups (broad SMARTS) is 1. The number of carboxylic acids is 1. The summed E-state index contributed by atoms with van der Waals surface area (Å²) in [5, 5.41) is 21.1. The van der Waals surface area contributed by atoms with E-state index in [1.54, 1.807) is 51.1 Å². The Balaban J connectivity index is 1.62. The van der Waals surface area contributed by atoms with Crippen molar-refractivity contribution in [1.29, 1.82) is 5.26 Å². The molecule has 0 aliphatic rings. The van der Waals surface area contributed by atoms with Gasteiger partial charge in [-0.2, -0.15) is 5.26 Å². The Morgan fingerprint density at radius 2 is 1.54 bits per heavy atom. The van der Waals surface area contributed by atoms with Crippen LogP contribution in [0.3, 0.4) is 0 Å². The summed E-state index contributed by atoms with van der Waals surface area (Å²) in [6.07, 6.45) is -0.484. The van der Waals surface area contributed by atoms with Crippen LogP contribution in [0.25, 0.3) is 0 Å². The molecule has 8 nitrogen and oxygen atoms in total. The second-order valence-corrected chi connectivity index (χ2v) is 8.70. The Kier molecular flexibility index (Phi) is 7.95. The van der Waals surface area contributed by atoms with Crippen LogP contribution in [-0.4, -0.2) is 22.8 Å². The maximum absolute atomic E-state index is 11.8. The van der Waals surface area contributed by atoms with Gasteiger partial charge in [0.2, 0.25) is 0 Å². The van der Waals surface area contributed by atoms with Gasteiger partial charge >= 0.3 is 12.1 Å². The van der Waals surface area contributed by atoms with Crippen LogP contribution in [-0.2, 0) is 17.9 Å². The van der Waals surface area contributed by atoms with Crippen molar-refractivity contribution in [3.63, 3.8) is 0 Å². The first-order valence-electron chi connectivity index (χ1n) is 10.9. The van der Waals surface area contributed by atoms with Gasteiger partial charge in [0.25, 0.3) is 0 Å². The minimum Gasteiger partial charge on any atom is -0.489 e. The molecular weight excluding hydrogens is 448 g/mol. The van der Waals surface area contributed by atoms with E-state index in [2.05, 4.69) is 5.32 Å². The molecule has 0 unspecified atom stereocenters. The van der Waals surface area contributed by atoms with Crippen molar-refractivity contribution in [3.8, 4) is 23.3 Å². The summed E-state index contributed by atoms with van der Waals surface area (Å²) in [4.78, 5) is 23.3. The zero-order valence-corrected chi connectivity index (χ0v) is 19.7. The van der Waals surface area contributed by atoms with Crippen LogP contribution in [0.2, 0.25) is 0 Å². The summed E-state index contributed by atoms with van der Waals surface area (Å²) in [7, 11) is 0. The molecule has 0 atom stereocenters. The van der Waals surface area contributed by atoms with E-state index in [0.29, 0.717) is 29.4 Å². The van der Waals surface area contributed by atoms with E-state index in [1.807, 2.05) is 30.3 Å². The molecule has 0 fully saturated rings. The van der Waals surface area contributed by atoms with Gasteiger partial charge in [0.15, 0.2) is 0 Å². The molecule has 0 radical (unpaired) electrons. The highest BCUT2D eigenvalue weighted by Crippen LogP contribution is 2.28. The van der Waals surface area contributed by atoms with Gasteiger partial charge in [-0.15, -0.1) is 0 Å². The molecule has 0 saturated heterocycles. The highest BCUT2D eigenvalue weighted by Gasteiger charge is 2.15. The van der Waals surface area contributed by atoms with Crippen LogP contribution in [0.15, 0.2) is 66.7 Å². The average Bonchev–Trinajstić information content (AvgIpc) is 2.81. The molecule has 0 saturated carbocycles. The molecule has 180 valence electrons. The predicted octanol–water partition coefficient (Wildman–Crippen LogP) is 5.65. The number of alkyl carbamates (subject to hydrolysis) is 1. The van der Waals surface area contributed by atoms with Crippen LogP contribution in [0.1, 0.15) is 47.8 Å². The Labute approximate surface area is 203 Å². The fourth-order valence-corrected chi connectivity index (χ4v) is 2.98. The number of nitrogens with zero attached hydrogens (tertiary/aromatic N) is 1. The SMILES string of the molecule is CC(C)(C)OC(=O)NCc1ccc(COc2cc(Oc3ccc(C#N)cc3)cc(C(=O)O)c2)cc1. The number of carbonyl (C=O) groups is 2. The standard InChI is InChI=1S/C27H26N2O6/c1-27(2,3)35-26(32)29-16-19-4-6-20(7-5-19)17-33-23-12-21(25(30)31)13-24(14-23)34-22-10-8-18(15-28)9-11-22/h4-14H,16-17H2,1-3H3,(H,29,32)(H,30,31). The lowest BCUT2D eigenvalue weighted by Crippen LogP contribution is -2.32. The molecule has 3 aromatic carbocycles. The predicted molar refractivity (Wildman–Crippen MR) is 128 cm³/mol. The number of nitrogens with one attached hydrogen (secondary N) is 1. The number of benzene rings is 3. The molecule has 8 heteroatoms. The average molecular weight is 475 g/mol. The van der Waals surface area contributed by atoms with Crippen molar-refractivity contribution in [1.82, 2.24) is 5.32 Å². The Bertz CT molecular complexity index is 1220. The Morgan fingerprint density at radius 3 is 2.14 bits per heavy atom. The number of rotatable bonds is 8. The summed E-state index contributed by atoms with van der Waals surface area (Å²) in [6.45, 7) is 5.94. The van der Waals surface area contributed by atoms with Gasteiger partial charge in [-0.05, 0) is 68.3 Å². The van der Waals surface area contributed by atoms with Crippen LogP contribution in [0.5, 0.6) is 17.2 Å². The van der Waals surface area contributed by atoms with Gasteiger partial charge in [0.05, 0.1) is 17.2 Å². The van der Waals surface area contributed by atoms with Gasteiger partial charge in [0.1, 0.15) is 29.5 Å². The largest absolute Gasteiger partial charge is 0.489 e. The van der Waals surface area contributed by atoms with E-state index in [1.165, 1.54) is 12.1 Å². The smallest absolute Gasteiger partial charge is 0.407 e. The van der Waals surface area contributed by atoms with Crippen molar-refractivity contribution in [2.75, 3.05) is 0 Å². The van der Waals surface area contributed by atoms with Crippen molar-refractivity contribution in [2.24, 2.45) is 0 Å². The van der Waals surface area contributed by atoms with Gasteiger partial charge in [-0.25, -0.2) is 9.59 Å². The maximum atomic E-state index is 11.8. The molecule has 2 N–H and O–H groups in total. The molecule has 0 bridgehead atoms. The Hall–Kier alpha value is -4.51. The molecule has 0 heterocycles. The van der Waals surface area contributed by atoms with Crippen molar-refractivity contribution in [3.05, 3.63) is 89.0 Å². The van der Waals surface area contributed by atoms with Crippen LogP contribution < -0.4 is 14.8 Å². The van der Waals surface area contributed by atoms with E-state index < -0.39 is 17.7 Å². The summed E-state index contributed by atoms with van der Waals surface area (Å²) >= 11 is 0. The second-order valence-electron chi connectivity index (χ2n) is 8.70. The van der Waals surface area contributed by atoms with Crippen LogP contribution >= 0.6 is 0 Å². The number of nitriles is 1. The third kappa shape index (κ3) is 8.09. The lowest BCUT2D eigenvalue weighted by atomic mass is 10.1. The highest BCUT2D eigenvalue weighted by molar-refractivity contribution is 5.88. The van der Waals surface area contributed by atoms with Gasteiger partial charge in [-0.3, -0.25) is 0 Å². The normalized spacial score (nSPS) is 10.7. The topological polar surface area (TPSA) is 118 Å². The molecule has 1 amide bonds. The fourth-order valence-electron chi connectivity index (χ4n) is 2.98. The van der Waals surface area contributed by atoms with E-state index in [0.717, 1.165) is 11.1 Å². The molecule has 0 aliphatic carbocycles.